The van der Waals surface area contributed by atoms with E-state index in [-0.39, 0.29) is 0 Å². The molecule has 1 aromatic carbocycles. The van der Waals surface area contributed by atoms with E-state index < -0.39 is 12.0 Å². The zero-order valence-corrected chi connectivity index (χ0v) is 13.7. The topological polar surface area (TPSA) is 57.6 Å². The summed E-state index contributed by atoms with van der Waals surface area (Å²) in [6, 6.07) is 1.62. The van der Waals surface area contributed by atoms with E-state index in [1.807, 2.05) is 11.8 Å². The first-order chi connectivity index (χ1) is 10.6. The number of carbonyl (C=O) groups excluding carboxylic acids is 1. The molecule has 0 saturated carbocycles. The average Bonchev–Trinajstić information content (AvgIpc) is 3.01. The van der Waals surface area contributed by atoms with Gasteiger partial charge in [0.05, 0.1) is 0 Å². The third-order valence-corrected chi connectivity index (χ3v) is 4.67. The molecule has 1 aromatic rings. The smallest absolute Gasteiger partial charge is 0.326 e. The van der Waals surface area contributed by atoms with Crippen molar-refractivity contribution in [2.24, 2.45) is 0 Å². The maximum atomic E-state index is 11.6. The summed E-state index contributed by atoms with van der Waals surface area (Å²) in [7, 11) is 0. The van der Waals surface area contributed by atoms with E-state index in [0.29, 0.717) is 6.42 Å². The molecule has 0 spiro atoms. The number of hydrogen-bond acceptors (Lipinski definition) is 3. The maximum Gasteiger partial charge on any atom is 0.326 e. The minimum absolute atomic E-state index is 0.470. The van der Waals surface area contributed by atoms with Gasteiger partial charge in [0, 0.05) is 17.8 Å². The molecule has 0 radical (unpaired) electrons. The Morgan fingerprint density at radius 3 is 2.45 bits per heavy atom. The zero-order valence-electron chi connectivity index (χ0n) is 13.7. The average molecular weight is 303 g/mol. The van der Waals surface area contributed by atoms with Crippen LogP contribution in [0, 0.1) is 0 Å². The number of carbonyl (C=O) groups is 2. The molecule has 22 heavy (non-hydrogen) atoms. The molecule has 1 atom stereocenters. The molecule has 4 nitrogen and oxygen atoms in total. The van der Waals surface area contributed by atoms with Gasteiger partial charge in [0.2, 0.25) is 0 Å². The first-order valence-electron chi connectivity index (χ1n) is 8.21. The normalized spacial score (nSPS) is 17.8. The Morgan fingerprint density at radius 1 is 1.27 bits per heavy atom. The number of benzene rings is 1. The van der Waals surface area contributed by atoms with E-state index in [2.05, 4.69) is 19.9 Å². The molecule has 2 rings (SSSR count). The lowest BCUT2D eigenvalue weighted by molar-refractivity contribution is -0.138. The van der Waals surface area contributed by atoms with Gasteiger partial charge in [0.15, 0.2) is 6.29 Å². The Balaban J connectivity index is 2.67. The van der Waals surface area contributed by atoms with Gasteiger partial charge in [-0.3, -0.25) is 4.79 Å². The molecule has 1 aliphatic heterocycles. The number of hydrogen-bond donors (Lipinski definition) is 1. The van der Waals surface area contributed by atoms with Gasteiger partial charge in [-0.15, -0.1) is 0 Å². The van der Waals surface area contributed by atoms with Crippen LogP contribution in [0.5, 0.6) is 0 Å². The summed E-state index contributed by atoms with van der Waals surface area (Å²) in [5.74, 6) is -0.770. The van der Waals surface area contributed by atoms with Gasteiger partial charge in [-0.05, 0) is 48.8 Å². The van der Waals surface area contributed by atoms with Crippen LogP contribution in [0.15, 0.2) is 6.07 Å². The van der Waals surface area contributed by atoms with E-state index in [4.69, 9.17) is 0 Å². The summed E-state index contributed by atoms with van der Waals surface area (Å²) in [5.41, 5.74) is 4.99. The van der Waals surface area contributed by atoms with Crippen LogP contribution < -0.4 is 4.90 Å². The highest BCUT2D eigenvalue weighted by molar-refractivity contribution is 5.87. The maximum absolute atomic E-state index is 11.6. The number of nitrogens with zero attached hydrogens (tertiary/aromatic N) is 1. The van der Waals surface area contributed by atoms with Gasteiger partial charge in [-0.1, -0.05) is 26.8 Å². The molecule has 1 N–H and O–H groups in total. The Kier molecular flexibility index (Phi) is 5.22. The molecule has 0 bridgehead atoms. The number of rotatable bonds is 6. The van der Waals surface area contributed by atoms with E-state index in [9.17, 15) is 14.7 Å². The SMILES string of the molecule is CCc1cc(CC)c(N2CCC[C@H]2C(=O)O)c(CC)c1C=O. The fraction of sp³-hybridized carbons (Fsp3) is 0.556. The van der Waals surface area contributed by atoms with Gasteiger partial charge >= 0.3 is 5.97 Å². The highest BCUT2D eigenvalue weighted by Crippen LogP contribution is 2.36. The molecule has 1 aliphatic rings. The van der Waals surface area contributed by atoms with Gasteiger partial charge < -0.3 is 10.0 Å². The third-order valence-electron chi connectivity index (χ3n) is 4.67. The van der Waals surface area contributed by atoms with Crippen LogP contribution in [0.1, 0.15) is 60.7 Å². The Morgan fingerprint density at radius 2 is 1.95 bits per heavy atom. The number of carboxylic acids is 1. The molecule has 120 valence electrons. The van der Waals surface area contributed by atoms with Crippen molar-refractivity contribution in [1.29, 1.82) is 0 Å². The summed E-state index contributed by atoms with van der Waals surface area (Å²) < 4.78 is 0. The Labute approximate surface area is 132 Å². The Hall–Kier alpha value is -1.84. The van der Waals surface area contributed by atoms with Crippen molar-refractivity contribution >= 4 is 17.9 Å². The molecular weight excluding hydrogens is 278 g/mol. The minimum atomic E-state index is -0.770. The van der Waals surface area contributed by atoms with E-state index in [1.165, 1.54) is 0 Å². The number of aliphatic carboxylic acids is 1. The van der Waals surface area contributed by atoms with Crippen molar-refractivity contribution in [2.75, 3.05) is 11.4 Å². The van der Waals surface area contributed by atoms with Crippen molar-refractivity contribution in [1.82, 2.24) is 0 Å². The number of aryl methyl sites for hydroxylation is 2. The van der Waals surface area contributed by atoms with Crippen molar-refractivity contribution in [3.63, 3.8) is 0 Å². The molecule has 1 saturated heterocycles. The second-order valence-corrected chi connectivity index (χ2v) is 5.80. The van der Waals surface area contributed by atoms with E-state index in [0.717, 1.165) is 66.5 Å². The largest absolute Gasteiger partial charge is 0.480 e. The summed E-state index contributed by atoms with van der Waals surface area (Å²) in [6.45, 7) is 6.93. The summed E-state index contributed by atoms with van der Waals surface area (Å²) >= 11 is 0. The second kappa shape index (κ2) is 6.95. The summed E-state index contributed by atoms with van der Waals surface area (Å²) in [4.78, 5) is 25.2. The lowest BCUT2D eigenvalue weighted by Crippen LogP contribution is -2.37. The lowest BCUT2D eigenvalue weighted by Gasteiger charge is -2.30. The molecule has 0 aliphatic carbocycles. The van der Waals surface area contributed by atoms with Crippen LogP contribution in [-0.4, -0.2) is 29.9 Å². The molecule has 1 heterocycles. The highest BCUT2D eigenvalue weighted by atomic mass is 16.4. The first-order valence-corrected chi connectivity index (χ1v) is 8.21. The number of aldehydes is 1. The van der Waals surface area contributed by atoms with E-state index >= 15 is 0 Å². The summed E-state index contributed by atoms with van der Waals surface area (Å²) in [5, 5.41) is 9.49. The Bertz CT molecular complexity index is 580. The molecule has 0 amide bonds. The van der Waals surface area contributed by atoms with Crippen LogP contribution in [0.3, 0.4) is 0 Å². The quantitative estimate of drug-likeness (QED) is 0.820. The van der Waals surface area contributed by atoms with Crippen LogP contribution in [-0.2, 0) is 24.1 Å². The highest BCUT2D eigenvalue weighted by Gasteiger charge is 2.33. The monoisotopic (exact) mass is 303 g/mol. The van der Waals surface area contributed by atoms with Crippen LogP contribution in [0.4, 0.5) is 5.69 Å². The second-order valence-electron chi connectivity index (χ2n) is 5.80. The van der Waals surface area contributed by atoms with Crippen molar-refractivity contribution in [3.8, 4) is 0 Å². The van der Waals surface area contributed by atoms with Crippen molar-refractivity contribution in [2.45, 2.75) is 58.9 Å². The van der Waals surface area contributed by atoms with Gasteiger partial charge in [-0.2, -0.15) is 0 Å². The van der Waals surface area contributed by atoms with Crippen LogP contribution >= 0.6 is 0 Å². The molecule has 0 aromatic heterocycles. The number of carboxylic acid groups (broad SMARTS) is 1. The lowest BCUT2D eigenvalue weighted by atomic mass is 9.91. The minimum Gasteiger partial charge on any atom is -0.480 e. The number of anilines is 1. The molecular formula is C18H25NO3. The molecule has 0 unspecified atom stereocenters. The van der Waals surface area contributed by atoms with Gasteiger partial charge in [0.25, 0.3) is 0 Å². The third kappa shape index (κ3) is 2.74. The fourth-order valence-electron chi connectivity index (χ4n) is 3.59. The molecule has 1 fully saturated rings. The van der Waals surface area contributed by atoms with Crippen LogP contribution in [0.2, 0.25) is 0 Å². The predicted molar refractivity (Wildman–Crippen MR) is 88.0 cm³/mol. The van der Waals surface area contributed by atoms with Crippen LogP contribution in [0.25, 0.3) is 0 Å². The standard InChI is InChI=1S/C18H25NO3/c1-4-12-10-13(5-2)17(14(6-3)15(12)11-20)19-9-7-8-16(19)18(21)22/h10-11,16H,4-9H2,1-3H3,(H,21,22)/t16-/m0/s1. The zero-order chi connectivity index (χ0) is 16.3. The predicted octanol–water partition coefficient (Wildman–Crippen LogP) is 3.24. The van der Waals surface area contributed by atoms with Crippen molar-refractivity contribution < 1.29 is 14.7 Å². The summed E-state index contributed by atoms with van der Waals surface area (Å²) in [6.07, 6.45) is 4.90. The van der Waals surface area contributed by atoms with E-state index in [1.54, 1.807) is 0 Å². The fourth-order valence-corrected chi connectivity index (χ4v) is 3.59. The molecule has 4 heteroatoms. The van der Waals surface area contributed by atoms with Crippen molar-refractivity contribution in [3.05, 3.63) is 28.3 Å². The van der Waals surface area contributed by atoms with Gasteiger partial charge in [-0.25, -0.2) is 4.79 Å². The van der Waals surface area contributed by atoms with Gasteiger partial charge in [0.1, 0.15) is 6.04 Å². The first kappa shape index (κ1) is 16.5.